The molecule has 21 heavy (non-hydrogen) atoms. The molecular weight excluding hydrogens is 268 g/mol. The molecule has 1 amide bonds. The molecular formula is C16H18N2O3. The van der Waals surface area contributed by atoms with Gasteiger partial charge in [0.05, 0.1) is 0 Å². The molecule has 0 radical (unpaired) electrons. The maximum atomic E-state index is 11.4. The second-order valence-corrected chi connectivity index (χ2v) is 4.53. The zero-order valence-corrected chi connectivity index (χ0v) is 11.6. The minimum atomic E-state index is -0.510. The molecule has 5 heteroatoms. The molecule has 3 N–H and O–H groups in total. The average Bonchev–Trinajstić information content (AvgIpc) is 2.52. The van der Waals surface area contributed by atoms with Gasteiger partial charge in [-0.1, -0.05) is 42.5 Å². The lowest BCUT2D eigenvalue weighted by molar-refractivity contribution is 0.135. The molecule has 0 aromatic heterocycles. The van der Waals surface area contributed by atoms with Crippen LogP contribution in [0.5, 0.6) is 5.75 Å². The Balaban J connectivity index is 1.60. The van der Waals surface area contributed by atoms with E-state index in [0.29, 0.717) is 6.54 Å². The summed E-state index contributed by atoms with van der Waals surface area (Å²) in [5.41, 5.74) is 7.28. The molecule has 0 bridgehead atoms. The van der Waals surface area contributed by atoms with Gasteiger partial charge < -0.3 is 9.84 Å². The fourth-order valence-corrected chi connectivity index (χ4v) is 1.76. The topological polar surface area (TPSA) is 70.6 Å². The van der Waals surface area contributed by atoms with Crippen molar-refractivity contribution in [2.24, 2.45) is 0 Å². The molecule has 0 fully saturated rings. The molecule has 0 saturated heterocycles. The Morgan fingerprint density at radius 3 is 2.43 bits per heavy atom. The first-order valence-electron chi connectivity index (χ1n) is 6.71. The highest BCUT2D eigenvalue weighted by Crippen LogP contribution is 2.09. The first-order chi connectivity index (χ1) is 10.2. The van der Waals surface area contributed by atoms with Crippen LogP contribution in [0, 0.1) is 0 Å². The van der Waals surface area contributed by atoms with Crippen LogP contribution in [-0.2, 0) is 17.8 Å². The van der Waals surface area contributed by atoms with E-state index in [4.69, 9.17) is 9.84 Å². The Morgan fingerprint density at radius 1 is 1.00 bits per heavy atom. The summed E-state index contributed by atoms with van der Waals surface area (Å²) in [4.78, 5) is 11.4. The van der Waals surface area contributed by atoms with Gasteiger partial charge in [0.2, 0.25) is 0 Å². The van der Waals surface area contributed by atoms with Crippen molar-refractivity contribution in [3.8, 4) is 5.75 Å². The molecule has 2 aromatic rings. The Morgan fingerprint density at radius 2 is 1.71 bits per heavy atom. The normalized spacial score (nSPS) is 10.1. The van der Waals surface area contributed by atoms with Crippen molar-refractivity contribution in [1.82, 2.24) is 10.9 Å². The van der Waals surface area contributed by atoms with Crippen LogP contribution in [0.15, 0.2) is 54.6 Å². The Labute approximate surface area is 123 Å². The SMILES string of the molecule is O=C(NNCCc1ccc(O)cc1)OCc1ccccc1. The molecule has 0 unspecified atom stereocenters. The number of nitrogens with one attached hydrogen (secondary N) is 2. The maximum absolute atomic E-state index is 11.4. The number of ether oxygens (including phenoxy) is 1. The summed E-state index contributed by atoms with van der Waals surface area (Å²) < 4.78 is 5.05. The van der Waals surface area contributed by atoms with Crippen molar-refractivity contribution in [2.45, 2.75) is 13.0 Å². The van der Waals surface area contributed by atoms with Crippen LogP contribution in [0.2, 0.25) is 0 Å². The second kappa shape index (κ2) is 7.91. The summed E-state index contributed by atoms with van der Waals surface area (Å²) in [5.74, 6) is 0.245. The molecule has 5 nitrogen and oxygen atoms in total. The van der Waals surface area contributed by atoms with Crippen molar-refractivity contribution in [2.75, 3.05) is 6.54 Å². The van der Waals surface area contributed by atoms with Crippen LogP contribution in [0.25, 0.3) is 0 Å². The molecule has 0 heterocycles. The number of rotatable bonds is 6. The van der Waals surface area contributed by atoms with Crippen molar-refractivity contribution in [1.29, 1.82) is 0 Å². The Bertz CT molecular complexity index is 555. The third kappa shape index (κ3) is 5.54. The number of phenols is 1. The largest absolute Gasteiger partial charge is 0.508 e. The maximum Gasteiger partial charge on any atom is 0.421 e. The van der Waals surface area contributed by atoms with Gasteiger partial charge in [-0.05, 0) is 29.7 Å². The van der Waals surface area contributed by atoms with E-state index in [2.05, 4.69) is 10.9 Å². The molecule has 0 saturated carbocycles. The summed E-state index contributed by atoms with van der Waals surface area (Å²) in [5, 5.41) is 9.16. The first-order valence-corrected chi connectivity index (χ1v) is 6.71. The minimum Gasteiger partial charge on any atom is -0.508 e. The monoisotopic (exact) mass is 286 g/mol. The number of benzene rings is 2. The molecule has 0 aliphatic carbocycles. The average molecular weight is 286 g/mol. The molecule has 0 spiro atoms. The summed E-state index contributed by atoms with van der Waals surface area (Å²) in [6.07, 6.45) is 0.226. The summed E-state index contributed by atoms with van der Waals surface area (Å²) >= 11 is 0. The van der Waals surface area contributed by atoms with Gasteiger partial charge in [-0.2, -0.15) is 0 Å². The lowest BCUT2D eigenvalue weighted by Crippen LogP contribution is -2.38. The van der Waals surface area contributed by atoms with E-state index in [1.165, 1.54) is 0 Å². The number of hydrogen-bond donors (Lipinski definition) is 3. The van der Waals surface area contributed by atoms with E-state index < -0.39 is 6.09 Å². The fourth-order valence-electron chi connectivity index (χ4n) is 1.76. The van der Waals surface area contributed by atoms with Gasteiger partial charge in [0.1, 0.15) is 12.4 Å². The quantitative estimate of drug-likeness (QED) is 0.563. The number of amides is 1. The summed E-state index contributed by atoms with van der Waals surface area (Å²) in [6, 6.07) is 16.4. The summed E-state index contributed by atoms with van der Waals surface area (Å²) in [7, 11) is 0. The number of carbonyl (C=O) groups excluding carboxylic acids is 1. The van der Waals surface area contributed by atoms with Gasteiger partial charge in [-0.15, -0.1) is 0 Å². The van der Waals surface area contributed by atoms with Gasteiger partial charge in [-0.25, -0.2) is 10.2 Å². The molecule has 0 aliphatic heterocycles. The molecule has 0 aliphatic rings. The third-order valence-corrected chi connectivity index (χ3v) is 2.88. The van der Waals surface area contributed by atoms with Crippen molar-refractivity contribution < 1.29 is 14.6 Å². The van der Waals surface area contributed by atoms with Crippen molar-refractivity contribution >= 4 is 6.09 Å². The van der Waals surface area contributed by atoms with Crippen LogP contribution >= 0.6 is 0 Å². The molecule has 110 valence electrons. The summed E-state index contributed by atoms with van der Waals surface area (Å²) in [6.45, 7) is 0.817. The smallest absolute Gasteiger partial charge is 0.421 e. The highest BCUT2D eigenvalue weighted by molar-refractivity contribution is 5.66. The highest BCUT2D eigenvalue weighted by atomic mass is 16.6. The fraction of sp³-hybridized carbons (Fsp3) is 0.188. The lowest BCUT2D eigenvalue weighted by Gasteiger charge is -2.08. The number of phenolic OH excluding ortho intramolecular Hbond substituents is 1. The van der Waals surface area contributed by atoms with Gasteiger partial charge in [0.15, 0.2) is 0 Å². The Kier molecular flexibility index (Phi) is 5.60. The zero-order valence-electron chi connectivity index (χ0n) is 11.6. The van der Waals surface area contributed by atoms with E-state index in [1.807, 2.05) is 42.5 Å². The Hall–Kier alpha value is -2.53. The lowest BCUT2D eigenvalue weighted by atomic mass is 10.1. The predicted octanol–water partition coefficient (Wildman–Crippen LogP) is 2.37. The first kappa shape index (κ1) is 14.9. The predicted molar refractivity (Wildman–Crippen MR) is 79.6 cm³/mol. The number of carbonyl (C=O) groups is 1. The van der Waals surface area contributed by atoms with E-state index in [0.717, 1.165) is 17.5 Å². The van der Waals surface area contributed by atoms with Gasteiger partial charge in [0.25, 0.3) is 0 Å². The number of aromatic hydroxyl groups is 1. The van der Waals surface area contributed by atoms with Gasteiger partial charge in [-0.3, -0.25) is 5.43 Å². The number of hydrogen-bond acceptors (Lipinski definition) is 4. The van der Waals surface area contributed by atoms with E-state index >= 15 is 0 Å². The molecule has 0 atom stereocenters. The van der Waals surface area contributed by atoms with Gasteiger partial charge >= 0.3 is 6.09 Å². The third-order valence-electron chi connectivity index (χ3n) is 2.88. The van der Waals surface area contributed by atoms with E-state index in [-0.39, 0.29) is 12.4 Å². The van der Waals surface area contributed by atoms with Crippen LogP contribution in [0.1, 0.15) is 11.1 Å². The zero-order chi connectivity index (χ0) is 14.9. The van der Waals surface area contributed by atoms with Crippen LogP contribution < -0.4 is 10.9 Å². The minimum absolute atomic E-state index is 0.242. The van der Waals surface area contributed by atoms with Crippen molar-refractivity contribution in [3.63, 3.8) is 0 Å². The van der Waals surface area contributed by atoms with Crippen LogP contribution in [-0.4, -0.2) is 17.7 Å². The highest BCUT2D eigenvalue weighted by Gasteiger charge is 2.01. The van der Waals surface area contributed by atoms with Crippen LogP contribution in [0.4, 0.5) is 4.79 Å². The van der Waals surface area contributed by atoms with E-state index in [9.17, 15) is 4.79 Å². The van der Waals surface area contributed by atoms with E-state index in [1.54, 1.807) is 12.1 Å². The second-order valence-electron chi connectivity index (χ2n) is 4.53. The molecule has 2 rings (SSSR count). The standard InChI is InChI=1S/C16H18N2O3/c19-15-8-6-13(7-9-15)10-11-17-18-16(20)21-12-14-4-2-1-3-5-14/h1-9,17,19H,10-12H2,(H,18,20). The number of hydrazine groups is 1. The van der Waals surface area contributed by atoms with Gasteiger partial charge in [0, 0.05) is 6.54 Å². The molecule has 2 aromatic carbocycles. The van der Waals surface area contributed by atoms with Crippen molar-refractivity contribution in [3.05, 3.63) is 65.7 Å². The van der Waals surface area contributed by atoms with Crippen LogP contribution in [0.3, 0.4) is 0 Å².